The fourth-order valence-electron chi connectivity index (χ4n) is 2.20. The first-order valence-corrected chi connectivity index (χ1v) is 10.9. The van der Waals surface area contributed by atoms with E-state index in [1.165, 1.54) is 35.1 Å². The van der Waals surface area contributed by atoms with Crippen LogP contribution in [-0.4, -0.2) is 32.6 Å². The maximum atomic E-state index is 12.6. The smallest absolute Gasteiger partial charge is 0.261 e. The number of aromatic nitrogens is 3. The third-order valence-electron chi connectivity index (χ3n) is 3.38. The van der Waals surface area contributed by atoms with Gasteiger partial charge in [-0.2, -0.15) is 9.47 Å². The highest BCUT2D eigenvalue weighted by molar-refractivity contribution is 8.01. The van der Waals surface area contributed by atoms with E-state index < -0.39 is 0 Å². The fraction of sp³-hybridized carbons (Fsp3) is 0.188. The summed E-state index contributed by atoms with van der Waals surface area (Å²) >= 11 is 10.2. The lowest BCUT2D eigenvalue weighted by Gasteiger charge is -2.04. The van der Waals surface area contributed by atoms with E-state index in [2.05, 4.69) is 14.8 Å². The Morgan fingerprint density at radius 2 is 2.00 bits per heavy atom. The van der Waals surface area contributed by atoms with Gasteiger partial charge in [-0.05, 0) is 41.7 Å². The zero-order chi connectivity index (χ0) is 17.8. The summed E-state index contributed by atoms with van der Waals surface area (Å²) in [6, 6.07) is 9.38. The molecular formula is C16H15ClN4OS3. The predicted molar refractivity (Wildman–Crippen MR) is 106 cm³/mol. The molecule has 1 aromatic carbocycles. The standard InChI is InChI=1S/C16H15ClN4OS3/c1-23-15-13(16(24-2)25-20-15)14(22)18-12-7-8-21(19-12)9-10-3-5-11(17)6-4-10/h3-8H,9H2,1-2H3,(H,18,19,22). The van der Waals surface area contributed by atoms with Crippen LogP contribution in [0.5, 0.6) is 0 Å². The number of amides is 1. The van der Waals surface area contributed by atoms with E-state index >= 15 is 0 Å². The molecule has 0 aliphatic carbocycles. The molecule has 0 fully saturated rings. The summed E-state index contributed by atoms with van der Waals surface area (Å²) < 4.78 is 7.00. The maximum absolute atomic E-state index is 12.6. The normalized spacial score (nSPS) is 10.8. The molecule has 130 valence electrons. The lowest BCUT2D eigenvalue weighted by molar-refractivity contribution is 0.102. The Hall–Kier alpha value is -1.48. The quantitative estimate of drug-likeness (QED) is 0.595. The van der Waals surface area contributed by atoms with Gasteiger partial charge in [0.15, 0.2) is 5.82 Å². The number of carbonyl (C=O) groups excluding carboxylic acids is 1. The first-order valence-electron chi connectivity index (χ1n) is 7.27. The van der Waals surface area contributed by atoms with Gasteiger partial charge in [-0.15, -0.1) is 23.5 Å². The Morgan fingerprint density at radius 1 is 1.24 bits per heavy atom. The van der Waals surface area contributed by atoms with Gasteiger partial charge in [-0.1, -0.05) is 23.7 Å². The van der Waals surface area contributed by atoms with Crippen molar-refractivity contribution in [1.29, 1.82) is 0 Å². The van der Waals surface area contributed by atoms with Crippen LogP contribution < -0.4 is 5.32 Å². The molecule has 3 rings (SSSR count). The number of hydrogen-bond donors (Lipinski definition) is 1. The second-order valence-corrected chi connectivity index (χ2v) is 8.12. The highest BCUT2D eigenvalue weighted by Crippen LogP contribution is 2.33. The molecule has 2 heterocycles. The van der Waals surface area contributed by atoms with Crippen molar-refractivity contribution in [2.24, 2.45) is 0 Å². The molecule has 0 bridgehead atoms. The predicted octanol–water partition coefficient (Wildman–Crippen LogP) is 4.74. The topological polar surface area (TPSA) is 59.8 Å². The third-order valence-corrected chi connectivity index (χ3v) is 6.37. The van der Waals surface area contributed by atoms with Gasteiger partial charge in [-0.3, -0.25) is 9.48 Å². The van der Waals surface area contributed by atoms with E-state index in [-0.39, 0.29) is 5.91 Å². The van der Waals surface area contributed by atoms with Gasteiger partial charge >= 0.3 is 0 Å². The van der Waals surface area contributed by atoms with Crippen LogP contribution in [0.25, 0.3) is 0 Å². The molecule has 1 amide bonds. The Labute approximate surface area is 163 Å². The van der Waals surface area contributed by atoms with E-state index in [1.54, 1.807) is 10.7 Å². The largest absolute Gasteiger partial charge is 0.305 e. The van der Waals surface area contributed by atoms with Gasteiger partial charge in [0.2, 0.25) is 0 Å². The highest BCUT2D eigenvalue weighted by atomic mass is 35.5. The van der Waals surface area contributed by atoms with Crippen LogP contribution in [0.1, 0.15) is 15.9 Å². The number of halogens is 1. The summed E-state index contributed by atoms with van der Waals surface area (Å²) in [6.07, 6.45) is 5.69. The van der Waals surface area contributed by atoms with Crippen molar-refractivity contribution in [1.82, 2.24) is 14.2 Å². The van der Waals surface area contributed by atoms with Gasteiger partial charge in [0.1, 0.15) is 5.03 Å². The van der Waals surface area contributed by atoms with Gasteiger partial charge in [0.05, 0.1) is 16.3 Å². The molecule has 0 radical (unpaired) electrons. The van der Waals surface area contributed by atoms with E-state index in [4.69, 9.17) is 11.6 Å². The van der Waals surface area contributed by atoms with Gasteiger partial charge in [0.25, 0.3) is 5.91 Å². The van der Waals surface area contributed by atoms with Crippen molar-refractivity contribution in [2.45, 2.75) is 15.8 Å². The lowest BCUT2D eigenvalue weighted by atomic mass is 10.2. The molecule has 5 nitrogen and oxygen atoms in total. The van der Waals surface area contributed by atoms with E-state index in [0.717, 1.165) is 14.8 Å². The summed E-state index contributed by atoms with van der Waals surface area (Å²) in [5, 5.41) is 8.71. The average molecular weight is 411 g/mol. The molecule has 25 heavy (non-hydrogen) atoms. The molecule has 0 aliphatic heterocycles. The Kier molecular flexibility index (Phi) is 6.06. The maximum Gasteiger partial charge on any atom is 0.261 e. The minimum atomic E-state index is -0.181. The number of thioether (sulfide) groups is 2. The Balaban J connectivity index is 1.72. The van der Waals surface area contributed by atoms with E-state index in [0.29, 0.717) is 22.9 Å². The minimum absolute atomic E-state index is 0.181. The number of benzene rings is 1. The van der Waals surface area contributed by atoms with Gasteiger partial charge < -0.3 is 5.32 Å². The molecule has 2 aromatic heterocycles. The average Bonchev–Trinajstić information content (AvgIpc) is 3.23. The third kappa shape index (κ3) is 4.38. The van der Waals surface area contributed by atoms with Crippen LogP contribution in [0.3, 0.4) is 0 Å². The van der Waals surface area contributed by atoms with Crippen molar-refractivity contribution in [2.75, 3.05) is 17.8 Å². The first-order chi connectivity index (χ1) is 12.1. The monoisotopic (exact) mass is 410 g/mol. The van der Waals surface area contributed by atoms with Crippen LogP contribution in [0.4, 0.5) is 5.82 Å². The summed E-state index contributed by atoms with van der Waals surface area (Å²) in [5.41, 5.74) is 1.71. The van der Waals surface area contributed by atoms with Crippen LogP contribution in [-0.2, 0) is 6.54 Å². The zero-order valence-electron chi connectivity index (χ0n) is 13.5. The summed E-state index contributed by atoms with van der Waals surface area (Å²) in [4.78, 5) is 12.6. The molecule has 0 aliphatic rings. The van der Waals surface area contributed by atoms with Crippen molar-refractivity contribution < 1.29 is 4.79 Å². The molecule has 0 saturated carbocycles. The van der Waals surface area contributed by atoms with E-state index in [1.807, 2.05) is 43.0 Å². The molecule has 9 heteroatoms. The Morgan fingerprint density at radius 3 is 2.68 bits per heavy atom. The fourth-order valence-corrected chi connectivity index (χ4v) is 4.61. The second kappa shape index (κ2) is 8.27. The molecule has 1 N–H and O–H groups in total. The lowest BCUT2D eigenvalue weighted by Crippen LogP contribution is -2.14. The van der Waals surface area contributed by atoms with Crippen molar-refractivity contribution in [3.63, 3.8) is 0 Å². The van der Waals surface area contributed by atoms with Crippen molar-refractivity contribution in [3.8, 4) is 0 Å². The molecule has 0 saturated heterocycles. The Bertz CT molecular complexity index is 854. The van der Waals surface area contributed by atoms with Crippen LogP contribution in [0.15, 0.2) is 45.8 Å². The number of carbonyl (C=O) groups is 1. The summed E-state index contributed by atoms with van der Waals surface area (Å²) in [7, 11) is 0. The van der Waals surface area contributed by atoms with E-state index in [9.17, 15) is 4.79 Å². The van der Waals surface area contributed by atoms with Crippen LogP contribution in [0.2, 0.25) is 5.02 Å². The summed E-state index contributed by atoms with van der Waals surface area (Å²) in [5.74, 6) is 0.337. The first kappa shape index (κ1) is 18.3. The van der Waals surface area contributed by atoms with Gasteiger partial charge in [-0.25, -0.2) is 0 Å². The molecular weight excluding hydrogens is 396 g/mol. The van der Waals surface area contributed by atoms with Crippen molar-refractivity contribution >= 4 is 58.4 Å². The highest BCUT2D eigenvalue weighted by Gasteiger charge is 2.20. The SMILES string of the molecule is CSc1nsc(SC)c1C(=O)Nc1ccn(Cc2ccc(Cl)cc2)n1. The van der Waals surface area contributed by atoms with Crippen molar-refractivity contribution in [3.05, 3.63) is 52.7 Å². The molecule has 0 atom stereocenters. The molecule has 0 spiro atoms. The number of nitrogens with one attached hydrogen (secondary N) is 1. The van der Waals surface area contributed by atoms with Crippen LogP contribution in [0, 0.1) is 0 Å². The number of hydrogen-bond acceptors (Lipinski definition) is 6. The minimum Gasteiger partial charge on any atom is -0.305 e. The number of anilines is 1. The number of nitrogens with zero attached hydrogens (tertiary/aromatic N) is 3. The van der Waals surface area contributed by atoms with Gasteiger partial charge in [0, 0.05) is 17.3 Å². The zero-order valence-corrected chi connectivity index (χ0v) is 16.7. The molecule has 0 unspecified atom stereocenters. The van der Waals surface area contributed by atoms with Crippen LogP contribution >= 0.6 is 46.7 Å². The summed E-state index contributed by atoms with van der Waals surface area (Å²) in [6.45, 7) is 0.610. The molecule has 3 aromatic rings. The number of rotatable bonds is 6. The second-order valence-electron chi connectivity index (χ2n) is 5.04.